The van der Waals surface area contributed by atoms with Crippen LogP contribution in [0.1, 0.15) is 58.4 Å². The molecule has 0 aliphatic carbocycles. The van der Waals surface area contributed by atoms with Gasteiger partial charge in [-0.05, 0) is 81.3 Å². The van der Waals surface area contributed by atoms with Crippen molar-refractivity contribution in [2.75, 3.05) is 55.9 Å². The Kier molecular flexibility index (Phi) is 9.50. The number of amides is 1. The molecule has 5 rings (SSSR count). The Morgan fingerprint density at radius 3 is 2.63 bits per heavy atom. The summed E-state index contributed by atoms with van der Waals surface area (Å²) < 4.78 is 13.1. The van der Waals surface area contributed by atoms with Crippen LogP contribution in [0.5, 0.6) is 5.75 Å². The number of fused-ring (bicyclic) bond motifs is 2. The first-order valence-electron chi connectivity index (χ1n) is 15.0. The molecule has 7 nitrogen and oxygen atoms in total. The summed E-state index contributed by atoms with van der Waals surface area (Å²) in [5, 5.41) is 3.55. The fraction of sp³-hybridized carbons (Fsp3) is 0.515. The topological polar surface area (TPSA) is 62.3 Å². The average molecular weight is 578 g/mol. The van der Waals surface area contributed by atoms with Crippen LogP contribution in [0.4, 0.5) is 11.4 Å². The van der Waals surface area contributed by atoms with Crippen LogP contribution >= 0.6 is 11.3 Å². The van der Waals surface area contributed by atoms with E-state index in [4.69, 9.17) is 9.47 Å². The summed E-state index contributed by atoms with van der Waals surface area (Å²) in [6.07, 6.45) is 4.81. The Morgan fingerprint density at radius 1 is 1.00 bits per heavy atom. The molecule has 0 atom stereocenters. The van der Waals surface area contributed by atoms with E-state index >= 15 is 0 Å². The number of carbonyl (C=O) groups excluding carboxylic acids is 2. The number of ether oxygens (including phenoxy) is 2. The van der Waals surface area contributed by atoms with Gasteiger partial charge in [-0.3, -0.25) is 19.4 Å². The van der Waals surface area contributed by atoms with Gasteiger partial charge in [-0.2, -0.15) is 0 Å². The van der Waals surface area contributed by atoms with Crippen LogP contribution in [-0.4, -0.2) is 62.8 Å². The Labute approximate surface area is 248 Å². The zero-order valence-corrected chi connectivity index (χ0v) is 25.5. The molecule has 1 aromatic heterocycles. The first-order valence-corrected chi connectivity index (χ1v) is 15.9. The van der Waals surface area contributed by atoms with Gasteiger partial charge in [0.25, 0.3) is 0 Å². The largest absolute Gasteiger partial charge is 0.494 e. The lowest BCUT2D eigenvalue weighted by atomic mass is 9.88. The van der Waals surface area contributed by atoms with Crippen molar-refractivity contribution in [3.63, 3.8) is 0 Å². The molecule has 0 saturated carbocycles. The summed E-state index contributed by atoms with van der Waals surface area (Å²) in [4.78, 5) is 32.0. The maximum Gasteiger partial charge on any atom is 0.313 e. The molecule has 8 heteroatoms. The second kappa shape index (κ2) is 13.3. The van der Waals surface area contributed by atoms with Crippen molar-refractivity contribution in [2.24, 2.45) is 5.41 Å². The number of carbonyl (C=O) groups is 2. The van der Waals surface area contributed by atoms with Crippen molar-refractivity contribution < 1.29 is 19.1 Å². The molecular weight excluding hydrogens is 534 g/mol. The zero-order valence-electron chi connectivity index (χ0n) is 24.7. The first-order chi connectivity index (χ1) is 19.9. The van der Waals surface area contributed by atoms with Gasteiger partial charge in [-0.25, -0.2) is 0 Å². The molecule has 2 aliphatic rings. The van der Waals surface area contributed by atoms with Crippen molar-refractivity contribution in [3.8, 4) is 5.75 Å². The monoisotopic (exact) mass is 577 g/mol. The molecule has 1 fully saturated rings. The highest BCUT2D eigenvalue weighted by molar-refractivity contribution is 7.17. The Morgan fingerprint density at radius 2 is 1.83 bits per heavy atom. The van der Waals surface area contributed by atoms with E-state index in [9.17, 15) is 9.59 Å². The number of hydrogen-bond acceptors (Lipinski definition) is 7. The predicted octanol–water partition coefficient (Wildman–Crippen LogP) is 6.49. The van der Waals surface area contributed by atoms with Gasteiger partial charge in [0.05, 0.1) is 17.7 Å². The molecule has 0 N–H and O–H groups in total. The molecular formula is C33H43N3O4S. The Hall–Kier alpha value is -3.10. The van der Waals surface area contributed by atoms with Gasteiger partial charge in [0, 0.05) is 54.4 Å². The molecule has 2 aromatic carbocycles. The maximum atomic E-state index is 12.7. The minimum atomic E-state index is -0.562. The van der Waals surface area contributed by atoms with E-state index < -0.39 is 5.41 Å². The number of benzene rings is 2. The molecule has 1 amide bonds. The third-order valence-corrected chi connectivity index (χ3v) is 9.21. The lowest BCUT2D eigenvalue weighted by molar-refractivity contribution is -0.154. The van der Waals surface area contributed by atoms with E-state index in [1.807, 2.05) is 43.4 Å². The van der Waals surface area contributed by atoms with E-state index in [0.29, 0.717) is 19.4 Å². The number of piperazine rings is 1. The fourth-order valence-electron chi connectivity index (χ4n) is 5.89. The van der Waals surface area contributed by atoms with E-state index in [1.165, 1.54) is 15.8 Å². The third kappa shape index (κ3) is 7.04. The molecule has 220 valence electrons. The maximum absolute atomic E-state index is 12.7. The lowest BCUT2D eigenvalue weighted by Crippen LogP contribution is -2.46. The van der Waals surface area contributed by atoms with E-state index in [2.05, 4.69) is 46.4 Å². The van der Waals surface area contributed by atoms with Crippen LogP contribution in [0.15, 0.2) is 47.8 Å². The number of aryl methyl sites for hydroxylation is 1. The summed E-state index contributed by atoms with van der Waals surface area (Å²) in [6.45, 7) is 11.8. The number of unbranched alkanes of at least 4 members (excludes halogenated alkanes) is 1. The SMILES string of the molecule is CCCC(C)(C)C(=O)OCN1C(=O)CCc2ccc(OCCCCN3CCN(c4cccc5sccc45)CC3)cc21. The average Bonchev–Trinajstić information content (AvgIpc) is 3.46. The Bertz CT molecular complexity index is 1350. The van der Waals surface area contributed by atoms with Crippen LogP contribution in [0.25, 0.3) is 10.1 Å². The minimum absolute atomic E-state index is 0.0251. The summed E-state index contributed by atoms with van der Waals surface area (Å²) >= 11 is 1.81. The first kappa shape index (κ1) is 29.4. The van der Waals surface area contributed by atoms with Crippen molar-refractivity contribution >= 4 is 44.7 Å². The molecule has 3 aromatic rings. The summed E-state index contributed by atoms with van der Waals surface area (Å²) in [6, 6.07) is 14.8. The minimum Gasteiger partial charge on any atom is -0.494 e. The smallest absolute Gasteiger partial charge is 0.313 e. The Balaban J connectivity index is 1.06. The summed E-state index contributed by atoms with van der Waals surface area (Å²) in [7, 11) is 0. The van der Waals surface area contributed by atoms with Gasteiger partial charge < -0.3 is 14.4 Å². The molecule has 0 radical (unpaired) electrons. The van der Waals surface area contributed by atoms with E-state index in [0.717, 1.165) is 75.4 Å². The van der Waals surface area contributed by atoms with E-state index in [-0.39, 0.29) is 18.6 Å². The van der Waals surface area contributed by atoms with Gasteiger partial charge in [-0.15, -0.1) is 11.3 Å². The van der Waals surface area contributed by atoms with Crippen LogP contribution in [0, 0.1) is 5.41 Å². The predicted molar refractivity (Wildman–Crippen MR) is 167 cm³/mol. The van der Waals surface area contributed by atoms with Crippen molar-refractivity contribution in [1.82, 2.24) is 4.90 Å². The summed E-state index contributed by atoms with van der Waals surface area (Å²) in [5.74, 6) is 0.452. The molecule has 41 heavy (non-hydrogen) atoms. The molecule has 0 spiro atoms. The highest BCUT2D eigenvalue weighted by atomic mass is 32.1. The number of anilines is 2. The quantitative estimate of drug-likeness (QED) is 0.181. The fourth-order valence-corrected chi connectivity index (χ4v) is 6.70. The van der Waals surface area contributed by atoms with E-state index in [1.54, 1.807) is 4.90 Å². The number of esters is 1. The second-order valence-corrected chi connectivity index (χ2v) is 12.7. The number of rotatable bonds is 12. The molecule has 3 heterocycles. The van der Waals surface area contributed by atoms with Crippen molar-refractivity contribution in [2.45, 2.75) is 59.3 Å². The molecule has 2 aliphatic heterocycles. The van der Waals surface area contributed by atoms with Gasteiger partial charge in [0.1, 0.15) is 5.75 Å². The number of hydrogen-bond donors (Lipinski definition) is 0. The van der Waals surface area contributed by atoms with Gasteiger partial charge in [-0.1, -0.05) is 25.5 Å². The van der Waals surface area contributed by atoms with Gasteiger partial charge in [0.15, 0.2) is 6.73 Å². The lowest BCUT2D eigenvalue weighted by Gasteiger charge is -2.36. The summed E-state index contributed by atoms with van der Waals surface area (Å²) in [5.41, 5.74) is 2.67. The highest BCUT2D eigenvalue weighted by Gasteiger charge is 2.31. The second-order valence-electron chi connectivity index (χ2n) is 11.8. The molecule has 1 saturated heterocycles. The van der Waals surface area contributed by atoms with Crippen LogP contribution in [-0.2, 0) is 20.7 Å². The standard InChI is InChI=1S/C33H43N3O4S/c1-4-15-33(2,3)32(38)40-24-36-29-23-26(12-10-25(29)11-13-31(36)37)39-21-6-5-16-34-17-19-35(20-18-34)28-8-7-9-30-27(28)14-22-41-30/h7-10,12,14,22-23H,4-6,11,13,15-21,24H2,1-3H3. The van der Waals surface area contributed by atoms with Crippen LogP contribution < -0.4 is 14.5 Å². The highest BCUT2D eigenvalue weighted by Crippen LogP contribution is 2.33. The van der Waals surface area contributed by atoms with Crippen LogP contribution in [0.3, 0.4) is 0 Å². The third-order valence-electron chi connectivity index (χ3n) is 8.33. The number of nitrogens with zero attached hydrogens (tertiary/aromatic N) is 3. The zero-order chi connectivity index (χ0) is 28.8. The normalized spacial score (nSPS) is 16.2. The van der Waals surface area contributed by atoms with Gasteiger partial charge in [0.2, 0.25) is 5.91 Å². The number of thiophene rings is 1. The van der Waals surface area contributed by atoms with Crippen LogP contribution in [0.2, 0.25) is 0 Å². The van der Waals surface area contributed by atoms with Crippen molar-refractivity contribution in [3.05, 3.63) is 53.4 Å². The molecule has 0 bridgehead atoms. The van der Waals surface area contributed by atoms with Crippen molar-refractivity contribution in [1.29, 1.82) is 0 Å². The molecule has 0 unspecified atom stereocenters. The van der Waals surface area contributed by atoms with Gasteiger partial charge >= 0.3 is 5.97 Å².